The third kappa shape index (κ3) is 4.85. The summed E-state index contributed by atoms with van der Waals surface area (Å²) in [6.07, 6.45) is 0. The molecule has 0 unspecified atom stereocenters. The van der Waals surface area contributed by atoms with Gasteiger partial charge < -0.3 is 10.1 Å². The summed E-state index contributed by atoms with van der Waals surface area (Å²) < 4.78 is 32.0. The lowest BCUT2D eigenvalue weighted by Crippen LogP contribution is -2.41. The van der Waals surface area contributed by atoms with Crippen LogP contribution in [0, 0.1) is 0 Å². The maximum atomic E-state index is 12.3. The Balaban J connectivity index is 2.10. The number of carbonyl (C=O) groups excluding carboxylic acids is 1. The Labute approximate surface area is 156 Å². The molecule has 0 saturated carbocycles. The van der Waals surface area contributed by atoms with Gasteiger partial charge in [-0.3, -0.25) is 4.79 Å². The minimum Gasteiger partial charge on any atom is -0.497 e. The highest BCUT2D eigenvalue weighted by Gasteiger charge is 2.22. The summed E-state index contributed by atoms with van der Waals surface area (Å²) in [7, 11) is -2.38. The summed E-state index contributed by atoms with van der Waals surface area (Å²) in [5.41, 5.74) is 0.301. The second-order valence-electron chi connectivity index (χ2n) is 5.11. The van der Waals surface area contributed by atoms with Gasteiger partial charge in [-0.15, -0.1) is 0 Å². The molecular formula is C16H16Cl2N2O4S. The van der Waals surface area contributed by atoms with Crippen LogP contribution in [-0.4, -0.2) is 27.5 Å². The van der Waals surface area contributed by atoms with E-state index in [1.807, 2.05) is 0 Å². The summed E-state index contributed by atoms with van der Waals surface area (Å²) >= 11 is 11.9. The number of rotatable bonds is 6. The van der Waals surface area contributed by atoms with Crippen LogP contribution in [0.3, 0.4) is 0 Å². The van der Waals surface area contributed by atoms with Crippen molar-refractivity contribution in [2.75, 3.05) is 12.4 Å². The number of nitrogens with one attached hydrogen (secondary N) is 2. The highest BCUT2D eigenvalue weighted by molar-refractivity contribution is 7.89. The molecule has 25 heavy (non-hydrogen) atoms. The zero-order valence-corrected chi connectivity index (χ0v) is 15.7. The molecule has 6 nitrogen and oxygen atoms in total. The highest BCUT2D eigenvalue weighted by atomic mass is 35.5. The largest absolute Gasteiger partial charge is 0.497 e. The van der Waals surface area contributed by atoms with Crippen LogP contribution in [0.2, 0.25) is 10.0 Å². The normalized spacial score (nSPS) is 12.5. The Morgan fingerprint density at radius 2 is 1.76 bits per heavy atom. The van der Waals surface area contributed by atoms with Crippen molar-refractivity contribution < 1.29 is 17.9 Å². The molecule has 0 fully saturated rings. The van der Waals surface area contributed by atoms with Crippen LogP contribution in [0.15, 0.2) is 47.4 Å². The maximum Gasteiger partial charge on any atom is 0.242 e. The monoisotopic (exact) mass is 402 g/mol. The molecule has 0 radical (unpaired) electrons. The molecule has 2 aromatic rings. The molecule has 0 aliphatic heterocycles. The SMILES string of the molecule is COc1ccc(S(=O)(=O)N[C@H](C)C(=O)Nc2cccc(Cl)c2Cl)cc1. The van der Waals surface area contributed by atoms with E-state index in [0.717, 1.165) is 0 Å². The number of amides is 1. The van der Waals surface area contributed by atoms with Crippen molar-refractivity contribution in [3.05, 3.63) is 52.5 Å². The number of anilines is 1. The van der Waals surface area contributed by atoms with Crippen molar-refractivity contribution in [2.45, 2.75) is 17.9 Å². The Hall–Kier alpha value is -1.80. The average molecular weight is 403 g/mol. The molecule has 2 rings (SSSR count). The Morgan fingerprint density at radius 3 is 2.36 bits per heavy atom. The van der Waals surface area contributed by atoms with Crippen molar-refractivity contribution in [3.63, 3.8) is 0 Å². The number of hydrogen-bond donors (Lipinski definition) is 2. The molecule has 2 N–H and O–H groups in total. The van der Waals surface area contributed by atoms with E-state index in [1.165, 1.54) is 38.3 Å². The highest BCUT2D eigenvalue weighted by Crippen LogP contribution is 2.29. The fraction of sp³-hybridized carbons (Fsp3) is 0.188. The molecule has 0 aromatic heterocycles. The molecule has 0 aliphatic carbocycles. The van der Waals surface area contributed by atoms with Crippen LogP contribution < -0.4 is 14.8 Å². The number of ether oxygens (including phenoxy) is 1. The second kappa shape index (κ2) is 8.05. The number of methoxy groups -OCH3 is 1. The molecule has 1 atom stereocenters. The van der Waals surface area contributed by atoms with Crippen LogP contribution in [0.4, 0.5) is 5.69 Å². The van der Waals surface area contributed by atoms with Gasteiger partial charge in [-0.25, -0.2) is 8.42 Å². The molecular weight excluding hydrogens is 387 g/mol. The van der Waals surface area contributed by atoms with E-state index in [2.05, 4.69) is 10.0 Å². The molecule has 0 saturated heterocycles. The van der Waals surface area contributed by atoms with E-state index >= 15 is 0 Å². The number of hydrogen-bond acceptors (Lipinski definition) is 4. The van der Waals surface area contributed by atoms with Crippen LogP contribution in [0.5, 0.6) is 5.75 Å². The van der Waals surface area contributed by atoms with Gasteiger partial charge in [-0.05, 0) is 43.3 Å². The topological polar surface area (TPSA) is 84.5 Å². The van der Waals surface area contributed by atoms with Gasteiger partial charge in [0, 0.05) is 0 Å². The van der Waals surface area contributed by atoms with Gasteiger partial charge in [0.2, 0.25) is 15.9 Å². The smallest absolute Gasteiger partial charge is 0.242 e. The van der Waals surface area contributed by atoms with Crippen molar-refractivity contribution in [3.8, 4) is 5.75 Å². The Bertz CT molecular complexity index is 870. The maximum absolute atomic E-state index is 12.3. The third-order valence-corrected chi connectivity index (χ3v) is 5.68. The Morgan fingerprint density at radius 1 is 1.12 bits per heavy atom. The van der Waals surface area contributed by atoms with E-state index in [4.69, 9.17) is 27.9 Å². The van der Waals surface area contributed by atoms with Crippen LogP contribution in [0.1, 0.15) is 6.92 Å². The summed E-state index contributed by atoms with van der Waals surface area (Å²) in [6.45, 7) is 1.43. The van der Waals surface area contributed by atoms with E-state index < -0.39 is 22.0 Å². The van der Waals surface area contributed by atoms with Crippen molar-refractivity contribution in [2.24, 2.45) is 0 Å². The molecule has 134 valence electrons. The van der Waals surface area contributed by atoms with E-state index in [0.29, 0.717) is 11.4 Å². The fourth-order valence-corrected chi connectivity index (χ4v) is 3.50. The number of carbonyl (C=O) groups is 1. The van der Waals surface area contributed by atoms with Gasteiger partial charge in [0.1, 0.15) is 5.75 Å². The molecule has 0 aliphatic rings. The van der Waals surface area contributed by atoms with Gasteiger partial charge in [0.25, 0.3) is 0 Å². The number of sulfonamides is 1. The first-order chi connectivity index (χ1) is 11.7. The first-order valence-electron chi connectivity index (χ1n) is 7.16. The fourth-order valence-electron chi connectivity index (χ4n) is 1.95. The zero-order chi connectivity index (χ0) is 18.6. The quantitative estimate of drug-likeness (QED) is 0.775. The molecule has 2 aromatic carbocycles. The van der Waals surface area contributed by atoms with Gasteiger partial charge in [0.15, 0.2) is 0 Å². The lowest BCUT2D eigenvalue weighted by Gasteiger charge is -2.15. The van der Waals surface area contributed by atoms with E-state index in [1.54, 1.807) is 18.2 Å². The lowest BCUT2D eigenvalue weighted by atomic mass is 10.3. The van der Waals surface area contributed by atoms with Crippen LogP contribution in [0.25, 0.3) is 0 Å². The van der Waals surface area contributed by atoms with E-state index in [-0.39, 0.29) is 14.9 Å². The zero-order valence-electron chi connectivity index (χ0n) is 13.4. The van der Waals surface area contributed by atoms with Crippen molar-refractivity contribution in [1.29, 1.82) is 0 Å². The first kappa shape index (κ1) is 19.5. The predicted octanol–water partition coefficient (Wildman–Crippen LogP) is 3.31. The number of benzene rings is 2. The van der Waals surface area contributed by atoms with Gasteiger partial charge in [-0.1, -0.05) is 29.3 Å². The summed E-state index contributed by atoms with van der Waals surface area (Å²) in [4.78, 5) is 12.2. The van der Waals surface area contributed by atoms with Gasteiger partial charge in [0.05, 0.1) is 33.8 Å². The second-order valence-corrected chi connectivity index (χ2v) is 7.61. The van der Waals surface area contributed by atoms with Gasteiger partial charge >= 0.3 is 0 Å². The molecule has 0 spiro atoms. The van der Waals surface area contributed by atoms with E-state index in [9.17, 15) is 13.2 Å². The van der Waals surface area contributed by atoms with Gasteiger partial charge in [-0.2, -0.15) is 4.72 Å². The summed E-state index contributed by atoms with van der Waals surface area (Å²) in [6, 6.07) is 9.56. The summed E-state index contributed by atoms with van der Waals surface area (Å²) in [5.74, 6) is -0.0402. The van der Waals surface area contributed by atoms with Crippen molar-refractivity contribution in [1.82, 2.24) is 4.72 Å². The average Bonchev–Trinajstić information content (AvgIpc) is 2.58. The van der Waals surface area contributed by atoms with Crippen LogP contribution >= 0.6 is 23.2 Å². The minimum atomic E-state index is -3.87. The lowest BCUT2D eigenvalue weighted by molar-refractivity contribution is -0.117. The molecule has 0 bridgehead atoms. The van der Waals surface area contributed by atoms with Crippen molar-refractivity contribution >= 4 is 44.8 Å². The first-order valence-corrected chi connectivity index (χ1v) is 9.40. The molecule has 1 amide bonds. The molecule has 0 heterocycles. The predicted molar refractivity (Wildman–Crippen MR) is 97.9 cm³/mol. The standard InChI is InChI=1S/C16H16Cl2N2O4S/c1-10(16(21)19-14-5-3-4-13(17)15(14)18)20-25(22,23)12-8-6-11(24-2)7-9-12/h3-10,20H,1-2H3,(H,19,21)/t10-/m1/s1. The van der Waals surface area contributed by atoms with Crippen LogP contribution in [-0.2, 0) is 14.8 Å². The third-order valence-electron chi connectivity index (χ3n) is 3.30. The molecule has 9 heteroatoms. The number of halogens is 2. The summed E-state index contributed by atoms with van der Waals surface area (Å²) in [5, 5.41) is 3.01. The Kier molecular flexibility index (Phi) is 6.29. The minimum absolute atomic E-state index is 0.0220.